The average molecular weight is 432 g/mol. The molecule has 9 nitrogen and oxygen atoms in total. The normalized spacial score (nSPS) is 15.5. The number of halogens is 2. The number of aliphatic hydroxyl groups is 1. The molecule has 1 aliphatic heterocycles. The van der Waals surface area contributed by atoms with E-state index in [9.17, 15) is 18.7 Å². The minimum absolute atomic E-state index is 0.00804. The molecule has 31 heavy (non-hydrogen) atoms. The van der Waals surface area contributed by atoms with E-state index in [0.29, 0.717) is 35.8 Å². The number of nitrogens with zero attached hydrogens (tertiary/aromatic N) is 4. The first-order valence-corrected chi connectivity index (χ1v) is 9.71. The summed E-state index contributed by atoms with van der Waals surface area (Å²) in [5.41, 5.74) is -0.503. The van der Waals surface area contributed by atoms with Gasteiger partial charge in [0.1, 0.15) is 12.0 Å². The summed E-state index contributed by atoms with van der Waals surface area (Å²) in [5.74, 6) is -0.649. The standard InChI is InChI=1S/C20H22F2N6O3/c1-20(2,30)16(22)8-25-19(29)14-7-23-17(4-15(14)27-13-9-31-10-13)28-18-11(5-26-28)3-12(21)6-24-18/h3-7,13,16,30H,8-10H2,1-2H3,(H,23,27)(H,25,29). The number of hydrogen-bond acceptors (Lipinski definition) is 7. The number of carbonyl (C=O) groups is 1. The summed E-state index contributed by atoms with van der Waals surface area (Å²) in [7, 11) is 0. The molecule has 0 aliphatic carbocycles. The van der Waals surface area contributed by atoms with Crippen molar-refractivity contribution in [3.8, 4) is 5.82 Å². The molecule has 0 radical (unpaired) electrons. The van der Waals surface area contributed by atoms with Crippen molar-refractivity contribution in [2.75, 3.05) is 25.1 Å². The second-order valence-corrected chi connectivity index (χ2v) is 7.92. The Hall–Kier alpha value is -3.18. The number of aromatic nitrogens is 4. The summed E-state index contributed by atoms with van der Waals surface area (Å²) in [6.07, 6.45) is 2.27. The lowest BCUT2D eigenvalue weighted by Crippen LogP contribution is -2.43. The number of ether oxygens (including phenoxy) is 1. The summed E-state index contributed by atoms with van der Waals surface area (Å²) in [6.45, 7) is 3.27. The van der Waals surface area contributed by atoms with E-state index < -0.39 is 23.5 Å². The molecule has 0 spiro atoms. The topological polar surface area (TPSA) is 114 Å². The first-order valence-electron chi connectivity index (χ1n) is 9.71. The fourth-order valence-corrected chi connectivity index (χ4v) is 2.99. The van der Waals surface area contributed by atoms with Crippen LogP contribution in [-0.4, -0.2) is 68.3 Å². The van der Waals surface area contributed by atoms with Crippen LogP contribution in [0.2, 0.25) is 0 Å². The largest absolute Gasteiger partial charge is 0.387 e. The highest BCUT2D eigenvalue weighted by Gasteiger charge is 2.28. The van der Waals surface area contributed by atoms with Crippen molar-refractivity contribution in [2.45, 2.75) is 31.7 Å². The number of fused-ring (bicyclic) bond motifs is 1. The predicted molar refractivity (Wildman–Crippen MR) is 108 cm³/mol. The molecule has 4 heterocycles. The second kappa shape index (κ2) is 8.16. The average Bonchev–Trinajstić information content (AvgIpc) is 3.10. The van der Waals surface area contributed by atoms with Crippen LogP contribution >= 0.6 is 0 Å². The Morgan fingerprint density at radius 3 is 2.77 bits per heavy atom. The second-order valence-electron chi connectivity index (χ2n) is 7.92. The minimum atomic E-state index is -1.64. The van der Waals surface area contributed by atoms with E-state index in [1.54, 1.807) is 6.07 Å². The van der Waals surface area contributed by atoms with E-state index in [1.165, 1.54) is 37.0 Å². The molecule has 1 atom stereocenters. The molecule has 0 bridgehead atoms. The van der Waals surface area contributed by atoms with Gasteiger partial charge in [-0.3, -0.25) is 4.79 Å². The van der Waals surface area contributed by atoms with Crippen LogP contribution in [0.15, 0.2) is 30.7 Å². The Labute approximate surface area is 176 Å². The quantitative estimate of drug-likeness (QED) is 0.520. The lowest BCUT2D eigenvalue weighted by Gasteiger charge is -2.29. The van der Waals surface area contributed by atoms with Gasteiger partial charge in [0.15, 0.2) is 11.5 Å². The lowest BCUT2D eigenvalue weighted by atomic mass is 10.0. The zero-order valence-corrected chi connectivity index (χ0v) is 17.0. The highest BCUT2D eigenvalue weighted by Crippen LogP contribution is 2.23. The number of nitrogens with one attached hydrogen (secondary N) is 2. The van der Waals surface area contributed by atoms with Crippen LogP contribution in [0.3, 0.4) is 0 Å². The molecular weight excluding hydrogens is 410 g/mol. The molecule has 1 fully saturated rings. The van der Waals surface area contributed by atoms with Crippen LogP contribution in [0.1, 0.15) is 24.2 Å². The minimum Gasteiger partial charge on any atom is -0.387 e. The SMILES string of the molecule is CC(C)(O)C(F)CNC(=O)c1cnc(-n2ncc3cc(F)cnc32)cc1NC1COC1. The highest BCUT2D eigenvalue weighted by atomic mass is 19.1. The molecule has 3 aromatic heterocycles. The fourth-order valence-electron chi connectivity index (χ4n) is 2.99. The third-order valence-corrected chi connectivity index (χ3v) is 4.93. The Balaban J connectivity index is 1.63. The van der Waals surface area contributed by atoms with Gasteiger partial charge in [0.25, 0.3) is 5.91 Å². The van der Waals surface area contributed by atoms with Gasteiger partial charge in [-0.2, -0.15) is 9.78 Å². The van der Waals surface area contributed by atoms with Crippen LogP contribution in [-0.2, 0) is 4.74 Å². The first-order chi connectivity index (χ1) is 14.7. The Bertz CT molecular complexity index is 1110. The smallest absolute Gasteiger partial charge is 0.255 e. The predicted octanol–water partition coefficient (Wildman–Crippen LogP) is 1.60. The molecule has 1 saturated heterocycles. The summed E-state index contributed by atoms with van der Waals surface area (Å²) < 4.78 is 34.1. The van der Waals surface area contributed by atoms with Crippen molar-refractivity contribution in [3.05, 3.63) is 42.1 Å². The van der Waals surface area contributed by atoms with Gasteiger partial charge in [-0.05, 0) is 19.9 Å². The Morgan fingerprint density at radius 2 is 2.10 bits per heavy atom. The van der Waals surface area contributed by atoms with Crippen molar-refractivity contribution in [3.63, 3.8) is 0 Å². The van der Waals surface area contributed by atoms with Crippen LogP contribution < -0.4 is 10.6 Å². The molecule has 1 amide bonds. The number of hydrogen-bond donors (Lipinski definition) is 3. The molecule has 1 aliphatic rings. The first kappa shape index (κ1) is 21.1. The van der Waals surface area contributed by atoms with Crippen molar-refractivity contribution in [1.82, 2.24) is 25.1 Å². The Morgan fingerprint density at radius 1 is 1.32 bits per heavy atom. The molecule has 3 aromatic rings. The number of carbonyl (C=O) groups excluding carboxylic acids is 1. The third kappa shape index (κ3) is 4.47. The van der Waals surface area contributed by atoms with Crippen molar-refractivity contribution in [2.24, 2.45) is 0 Å². The molecule has 3 N–H and O–H groups in total. The summed E-state index contributed by atoms with van der Waals surface area (Å²) in [6, 6.07) is 2.94. The van der Waals surface area contributed by atoms with Gasteiger partial charge in [0, 0.05) is 17.6 Å². The van der Waals surface area contributed by atoms with E-state index in [1.807, 2.05) is 0 Å². The van der Waals surface area contributed by atoms with E-state index >= 15 is 0 Å². The highest BCUT2D eigenvalue weighted by molar-refractivity contribution is 5.99. The third-order valence-electron chi connectivity index (χ3n) is 4.93. The van der Waals surface area contributed by atoms with Crippen LogP contribution in [0.4, 0.5) is 14.5 Å². The number of amides is 1. The van der Waals surface area contributed by atoms with Crippen molar-refractivity contribution < 1.29 is 23.4 Å². The van der Waals surface area contributed by atoms with E-state index in [-0.39, 0.29) is 18.2 Å². The number of anilines is 1. The van der Waals surface area contributed by atoms with Gasteiger partial charge in [0.2, 0.25) is 0 Å². The van der Waals surface area contributed by atoms with Crippen LogP contribution in [0, 0.1) is 5.82 Å². The number of rotatable bonds is 7. The number of pyridine rings is 2. The van der Waals surface area contributed by atoms with Crippen molar-refractivity contribution in [1.29, 1.82) is 0 Å². The molecule has 0 aromatic carbocycles. The van der Waals surface area contributed by atoms with Gasteiger partial charge in [0.05, 0.1) is 55.0 Å². The van der Waals surface area contributed by atoms with E-state index in [2.05, 4.69) is 25.7 Å². The molecule has 0 saturated carbocycles. The maximum Gasteiger partial charge on any atom is 0.255 e. The lowest BCUT2D eigenvalue weighted by molar-refractivity contribution is -0.00178. The van der Waals surface area contributed by atoms with Gasteiger partial charge in [-0.25, -0.2) is 18.7 Å². The summed E-state index contributed by atoms with van der Waals surface area (Å²) in [4.78, 5) is 21.0. The van der Waals surface area contributed by atoms with Gasteiger partial charge < -0.3 is 20.5 Å². The monoisotopic (exact) mass is 432 g/mol. The molecule has 164 valence electrons. The van der Waals surface area contributed by atoms with Crippen LogP contribution in [0.25, 0.3) is 16.9 Å². The Kier molecular flexibility index (Phi) is 5.54. The molecule has 4 rings (SSSR count). The van der Waals surface area contributed by atoms with E-state index in [0.717, 1.165) is 6.20 Å². The molecule has 1 unspecified atom stereocenters. The zero-order valence-electron chi connectivity index (χ0n) is 17.0. The van der Waals surface area contributed by atoms with E-state index in [4.69, 9.17) is 4.74 Å². The van der Waals surface area contributed by atoms with Gasteiger partial charge >= 0.3 is 0 Å². The fraction of sp³-hybridized carbons (Fsp3) is 0.400. The maximum atomic E-state index is 14.0. The number of alkyl halides is 1. The van der Waals surface area contributed by atoms with Gasteiger partial charge in [-0.15, -0.1) is 0 Å². The maximum absolute atomic E-state index is 14.0. The summed E-state index contributed by atoms with van der Waals surface area (Å²) >= 11 is 0. The van der Waals surface area contributed by atoms with Crippen LogP contribution in [0.5, 0.6) is 0 Å². The van der Waals surface area contributed by atoms with Crippen molar-refractivity contribution >= 4 is 22.6 Å². The molecule has 11 heteroatoms. The molecular formula is C20H22F2N6O3. The summed E-state index contributed by atoms with van der Waals surface area (Å²) in [5, 5.41) is 20.1. The zero-order chi connectivity index (χ0) is 22.2. The van der Waals surface area contributed by atoms with Gasteiger partial charge in [-0.1, -0.05) is 0 Å².